The molecule has 1 unspecified atom stereocenters. The van der Waals surface area contributed by atoms with Crippen molar-refractivity contribution in [3.63, 3.8) is 0 Å². The number of carbonyl (C=O) groups excluding carboxylic acids is 1. The molecule has 0 aromatic carbocycles. The minimum absolute atomic E-state index is 0. The average molecular weight is 314 g/mol. The van der Waals surface area contributed by atoms with E-state index in [0.29, 0.717) is 6.07 Å². The highest BCUT2D eigenvalue weighted by molar-refractivity contribution is 5.93. The highest BCUT2D eigenvalue weighted by Crippen LogP contribution is 2.26. The molecule has 1 aromatic rings. The number of carbonyl (C=O) groups is 1. The first kappa shape index (κ1) is 18.5. The van der Waals surface area contributed by atoms with Gasteiger partial charge in [-0.2, -0.15) is 13.2 Å². The predicted molar refractivity (Wildman–Crippen MR) is 70.2 cm³/mol. The van der Waals surface area contributed by atoms with Crippen molar-refractivity contribution in [3.8, 4) is 0 Å². The van der Waals surface area contributed by atoms with Crippen LogP contribution >= 0.6 is 12.4 Å². The van der Waals surface area contributed by atoms with E-state index in [1.54, 1.807) is 19.0 Å². The Morgan fingerprint density at radius 3 is 2.45 bits per heavy atom. The van der Waals surface area contributed by atoms with E-state index in [-0.39, 0.29) is 30.6 Å². The Morgan fingerprint density at radius 2 is 2.00 bits per heavy atom. The number of aromatic amines is 1. The van der Waals surface area contributed by atoms with Crippen molar-refractivity contribution >= 4 is 18.3 Å². The normalized spacial score (nSPS) is 12.4. The van der Waals surface area contributed by atoms with Crippen LogP contribution in [0.5, 0.6) is 0 Å². The molecule has 0 spiro atoms. The summed E-state index contributed by atoms with van der Waals surface area (Å²) in [7, 11) is 1.70. The number of likely N-dealkylation sites (N-methyl/N-ethyl adjacent to an activating group) is 1. The Hall–Kier alpha value is -1.54. The number of aromatic nitrogens is 1. The zero-order valence-corrected chi connectivity index (χ0v) is 11.6. The van der Waals surface area contributed by atoms with Gasteiger partial charge >= 0.3 is 6.18 Å². The Kier molecular flexibility index (Phi) is 6.74. The van der Waals surface area contributed by atoms with Crippen molar-refractivity contribution in [1.29, 1.82) is 0 Å². The van der Waals surface area contributed by atoms with Gasteiger partial charge in [0.2, 0.25) is 0 Å². The maximum absolute atomic E-state index is 12.3. The molecule has 0 radical (unpaired) electrons. The summed E-state index contributed by atoms with van der Waals surface area (Å²) in [5, 5.41) is 5.31. The summed E-state index contributed by atoms with van der Waals surface area (Å²) in [6, 6.07) is 1.51. The lowest BCUT2D eigenvalue weighted by Gasteiger charge is -2.11. The van der Waals surface area contributed by atoms with E-state index in [9.17, 15) is 22.8 Å². The minimum atomic E-state index is -4.64. The van der Waals surface area contributed by atoms with E-state index in [0.717, 1.165) is 6.07 Å². The third-order valence-corrected chi connectivity index (χ3v) is 2.52. The van der Waals surface area contributed by atoms with Gasteiger partial charge in [-0.05, 0) is 26.1 Å². The van der Waals surface area contributed by atoms with Gasteiger partial charge in [-0.25, -0.2) is 0 Å². The number of pyridine rings is 1. The largest absolute Gasteiger partial charge is 0.431 e. The summed E-state index contributed by atoms with van der Waals surface area (Å²) in [5.74, 6) is -0.711. The van der Waals surface area contributed by atoms with Crippen LogP contribution < -0.4 is 16.2 Å². The predicted octanol–water partition coefficient (Wildman–Crippen LogP) is 1.15. The van der Waals surface area contributed by atoms with Gasteiger partial charge < -0.3 is 15.6 Å². The monoisotopic (exact) mass is 313 g/mol. The zero-order valence-electron chi connectivity index (χ0n) is 10.8. The molecule has 1 heterocycles. The van der Waals surface area contributed by atoms with Crippen LogP contribution in [0.3, 0.4) is 0 Å². The summed E-state index contributed by atoms with van der Waals surface area (Å²) in [5.41, 5.74) is -2.60. The Morgan fingerprint density at radius 1 is 1.40 bits per heavy atom. The van der Waals surface area contributed by atoms with Crippen molar-refractivity contribution < 1.29 is 18.0 Å². The van der Waals surface area contributed by atoms with Crippen LogP contribution in [-0.4, -0.2) is 30.5 Å². The van der Waals surface area contributed by atoms with Gasteiger partial charge in [-0.3, -0.25) is 9.59 Å². The van der Waals surface area contributed by atoms with Crippen molar-refractivity contribution in [2.24, 2.45) is 0 Å². The second kappa shape index (κ2) is 7.30. The molecule has 1 amide bonds. The number of alkyl halides is 3. The van der Waals surface area contributed by atoms with Crippen LogP contribution in [-0.2, 0) is 6.18 Å². The fraction of sp³-hybridized carbons (Fsp3) is 0.455. The maximum atomic E-state index is 12.3. The van der Waals surface area contributed by atoms with E-state index < -0.39 is 23.3 Å². The summed E-state index contributed by atoms with van der Waals surface area (Å²) in [6.07, 6.45) is -4.64. The third-order valence-electron chi connectivity index (χ3n) is 2.52. The Labute approximate surface area is 119 Å². The molecule has 0 aliphatic heterocycles. The lowest BCUT2D eigenvalue weighted by Crippen LogP contribution is -2.39. The van der Waals surface area contributed by atoms with Crippen LogP contribution in [0.15, 0.2) is 16.9 Å². The minimum Gasteiger partial charge on any atom is -0.350 e. The molecule has 9 heteroatoms. The average Bonchev–Trinajstić information content (AvgIpc) is 2.34. The quantitative estimate of drug-likeness (QED) is 0.781. The standard InChI is InChI=1S/C11H14F3N3O2.ClH/c1-6(15-2)5-16-9(18)7-3-4-8(11(12,13)14)17-10(7)19;/h3-4,6,15H,5H2,1-2H3,(H,16,18)(H,17,19);1H. The fourth-order valence-corrected chi connectivity index (χ4v) is 1.26. The molecule has 0 aliphatic carbocycles. The highest BCUT2D eigenvalue weighted by atomic mass is 35.5. The van der Waals surface area contributed by atoms with Gasteiger partial charge in [0.15, 0.2) is 0 Å². The molecule has 20 heavy (non-hydrogen) atoms. The topological polar surface area (TPSA) is 74.0 Å². The number of amides is 1. The Balaban J connectivity index is 0.00000361. The van der Waals surface area contributed by atoms with Crippen LogP contribution in [0.25, 0.3) is 0 Å². The third kappa shape index (κ3) is 4.86. The summed E-state index contributed by atoms with van der Waals surface area (Å²) < 4.78 is 37.0. The second-order valence-electron chi connectivity index (χ2n) is 4.01. The molecule has 1 rings (SSSR count). The first-order valence-electron chi connectivity index (χ1n) is 5.51. The summed E-state index contributed by atoms with van der Waals surface area (Å²) in [6.45, 7) is 2.06. The van der Waals surface area contributed by atoms with E-state index >= 15 is 0 Å². The van der Waals surface area contributed by atoms with E-state index in [1.165, 1.54) is 0 Å². The number of nitrogens with one attached hydrogen (secondary N) is 3. The first-order chi connectivity index (χ1) is 8.75. The molecular weight excluding hydrogens is 299 g/mol. The second-order valence-corrected chi connectivity index (χ2v) is 4.01. The SMILES string of the molecule is CNC(C)CNC(=O)c1ccc(C(F)(F)F)[nH]c1=O.Cl. The van der Waals surface area contributed by atoms with Gasteiger partial charge in [0, 0.05) is 12.6 Å². The first-order valence-corrected chi connectivity index (χ1v) is 5.51. The molecule has 5 nitrogen and oxygen atoms in total. The Bertz CT molecular complexity index is 516. The van der Waals surface area contributed by atoms with Crippen molar-refractivity contribution in [3.05, 3.63) is 33.7 Å². The molecule has 3 N–H and O–H groups in total. The summed E-state index contributed by atoms with van der Waals surface area (Å²) >= 11 is 0. The van der Waals surface area contributed by atoms with Gasteiger partial charge in [-0.1, -0.05) is 0 Å². The fourth-order valence-electron chi connectivity index (χ4n) is 1.26. The molecule has 1 atom stereocenters. The zero-order chi connectivity index (χ0) is 14.6. The molecule has 0 saturated heterocycles. The van der Waals surface area contributed by atoms with Crippen LogP contribution in [0.2, 0.25) is 0 Å². The number of H-pyrrole nitrogens is 1. The van der Waals surface area contributed by atoms with Gasteiger partial charge in [0.1, 0.15) is 11.3 Å². The molecular formula is C11H15ClF3N3O2. The molecule has 1 aromatic heterocycles. The van der Waals surface area contributed by atoms with E-state index in [2.05, 4.69) is 10.6 Å². The number of hydrogen-bond acceptors (Lipinski definition) is 3. The van der Waals surface area contributed by atoms with Crippen molar-refractivity contribution in [2.45, 2.75) is 19.1 Å². The lowest BCUT2D eigenvalue weighted by molar-refractivity contribution is -0.141. The lowest BCUT2D eigenvalue weighted by atomic mass is 10.2. The maximum Gasteiger partial charge on any atom is 0.431 e. The van der Waals surface area contributed by atoms with Crippen LogP contribution in [0, 0.1) is 0 Å². The molecule has 114 valence electrons. The van der Waals surface area contributed by atoms with Crippen LogP contribution in [0.1, 0.15) is 23.0 Å². The number of halogens is 4. The van der Waals surface area contributed by atoms with E-state index in [4.69, 9.17) is 0 Å². The van der Waals surface area contributed by atoms with Crippen molar-refractivity contribution in [1.82, 2.24) is 15.6 Å². The van der Waals surface area contributed by atoms with Gasteiger partial charge in [0.25, 0.3) is 11.5 Å². The molecule has 0 bridgehead atoms. The van der Waals surface area contributed by atoms with E-state index in [1.807, 2.05) is 0 Å². The smallest absolute Gasteiger partial charge is 0.350 e. The summed E-state index contributed by atoms with van der Waals surface area (Å²) in [4.78, 5) is 24.7. The number of hydrogen-bond donors (Lipinski definition) is 3. The molecule has 0 fully saturated rings. The van der Waals surface area contributed by atoms with Gasteiger partial charge in [-0.15, -0.1) is 12.4 Å². The van der Waals surface area contributed by atoms with Crippen LogP contribution in [0.4, 0.5) is 13.2 Å². The van der Waals surface area contributed by atoms with Gasteiger partial charge in [0.05, 0.1) is 0 Å². The molecule has 0 saturated carbocycles. The highest BCUT2D eigenvalue weighted by Gasteiger charge is 2.32. The van der Waals surface area contributed by atoms with Crippen molar-refractivity contribution in [2.75, 3.05) is 13.6 Å². The number of rotatable bonds is 4. The molecule has 0 aliphatic rings.